The summed E-state index contributed by atoms with van der Waals surface area (Å²) in [7, 11) is 2.11. The molecule has 1 fully saturated rings. The lowest BCUT2D eigenvalue weighted by Gasteiger charge is -2.35. The normalized spacial score (nSPS) is 25.8. The van der Waals surface area contributed by atoms with Crippen molar-refractivity contribution < 1.29 is 4.79 Å². The Morgan fingerprint density at radius 3 is 3.06 bits per heavy atom. The van der Waals surface area contributed by atoms with E-state index in [0.29, 0.717) is 17.4 Å². The number of aromatic amines is 1. The van der Waals surface area contributed by atoms with Gasteiger partial charge in [0, 0.05) is 18.6 Å². The van der Waals surface area contributed by atoms with Crippen LogP contribution in [0.5, 0.6) is 0 Å². The van der Waals surface area contributed by atoms with Gasteiger partial charge in [0.2, 0.25) is 0 Å². The predicted molar refractivity (Wildman–Crippen MR) is 65.6 cm³/mol. The maximum absolute atomic E-state index is 11.9. The smallest absolute Gasteiger partial charge is 0.271 e. The van der Waals surface area contributed by atoms with Crippen LogP contribution in [0.25, 0.3) is 0 Å². The third-order valence-corrected chi connectivity index (χ3v) is 3.44. The molecule has 1 amide bonds. The maximum atomic E-state index is 11.9. The highest BCUT2D eigenvalue weighted by Gasteiger charge is 2.25. The molecule has 0 bridgehead atoms. The van der Waals surface area contributed by atoms with Crippen molar-refractivity contribution in [3.8, 4) is 0 Å². The second-order valence-corrected chi connectivity index (χ2v) is 4.72. The van der Waals surface area contributed by atoms with E-state index in [4.69, 9.17) is 5.73 Å². The van der Waals surface area contributed by atoms with Crippen LogP contribution in [0.15, 0.2) is 6.20 Å². The molecule has 1 saturated heterocycles. The molecule has 1 aliphatic heterocycles. The van der Waals surface area contributed by atoms with Crippen molar-refractivity contribution >= 4 is 11.6 Å². The summed E-state index contributed by atoms with van der Waals surface area (Å²) in [5.74, 6) is -0.165. The van der Waals surface area contributed by atoms with E-state index in [-0.39, 0.29) is 11.9 Å². The zero-order valence-electron chi connectivity index (χ0n) is 10.2. The number of nitrogens with two attached hydrogens (primary N) is 1. The lowest BCUT2D eigenvalue weighted by Crippen LogP contribution is -2.47. The Morgan fingerprint density at radius 1 is 1.71 bits per heavy atom. The van der Waals surface area contributed by atoms with Gasteiger partial charge in [-0.3, -0.25) is 9.89 Å². The molecule has 2 rings (SSSR count). The summed E-state index contributed by atoms with van der Waals surface area (Å²) in [6.07, 6.45) is 3.39. The van der Waals surface area contributed by atoms with Crippen LogP contribution in [0.3, 0.4) is 0 Å². The van der Waals surface area contributed by atoms with Gasteiger partial charge in [-0.25, -0.2) is 0 Å². The molecule has 6 nitrogen and oxygen atoms in total. The molecule has 2 heterocycles. The van der Waals surface area contributed by atoms with Gasteiger partial charge in [-0.1, -0.05) is 0 Å². The summed E-state index contributed by atoms with van der Waals surface area (Å²) >= 11 is 0. The number of hydrogen-bond acceptors (Lipinski definition) is 4. The fourth-order valence-corrected chi connectivity index (χ4v) is 2.16. The topological polar surface area (TPSA) is 87.0 Å². The fraction of sp³-hybridized carbons (Fsp3) is 0.636. The molecule has 1 aliphatic rings. The highest BCUT2D eigenvalue weighted by Crippen LogP contribution is 2.16. The number of nitrogens with zero attached hydrogens (tertiary/aromatic N) is 2. The minimum absolute atomic E-state index is 0.165. The van der Waals surface area contributed by atoms with Gasteiger partial charge in [0.15, 0.2) is 0 Å². The van der Waals surface area contributed by atoms with Gasteiger partial charge in [0.25, 0.3) is 5.91 Å². The molecule has 2 atom stereocenters. The number of H-pyrrole nitrogens is 1. The number of hydrogen-bond donors (Lipinski definition) is 3. The number of piperidine rings is 1. The van der Waals surface area contributed by atoms with Gasteiger partial charge in [-0.05, 0) is 26.8 Å². The maximum Gasteiger partial charge on any atom is 0.271 e. The van der Waals surface area contributed by atoms with E-state index < -0.39 is 0 Å². The molecule has 6 heteroatoms. The van der Waals surface area contributed by atoms with E-state index in [1.807, 2.05) is 0 Å². The average Bonchev–Trinajstić information content (AvgIpc) is 2.70. The number of amides is 1. The average molecular weight is 237 g/mol. The summed E-state index contributed by atoms with van der Waals surface area (Å²) in [4.78, 5) is 14.2. The van der Waals surface area contributed by atoms with Crippen molar-refractivity contribution in [2.24, 2.45) is 0 Å². The van der Waals surface area contributed by atoms with Crippen LogP contribution in [0.2, 0.25) is 0 Å². The number of anilines is 1. The van der Waals surface area contributed by atoms with Crippen molar-refractivity contribution in [2.75, 3.05) is 19.3 Å². The SMILES string of the molecule is CC1CC(NC(=O)c2[nH]ncc2N)CCN1C. The van der Waals surface area contributed by atoms with Crippen molar-refractivity contribution in [2.45, 2.75) is 31.8 Å². The molecule has 0 spiro atoms. The van der Waals surface area contributed by atoms with Crippen LogP contribution in [-0.2, 0) is 0 Å². The minimum Gasteiger partial charge on any atom is -0.396 e. The Kier molecular flexibility index (Phi) is 3.33. The lowest BCUT2D eigenvalue weighted by atomic mass is 9.99. The Hall–Kier alpha value is -1.56. The third kappa shape index (κ3) is 2.58. The monoisotopic (exact) mass is 237 g/mol. The lowest BCUT2D eigenvalue weighted by molar-refractivity contribution is 0.0892. The van der Waals surface area contributed by atoms with Gasteiger partial charge in [0.05, 0.1) is 11.9 Å². The molecular formula is C11H19N5O. The molecule has 0 radical (unpaired) electrons. The van der Waals surface area contributed by atoms with Gasteiger partial charge < -0.3 is 16.0 Å². The van der Waals surface area contributed by atoms with Gasteiger partial charge in [-0.2, -0.15) is 5.10 Å². The van der Waals surface area contributed by atoms with Crippen LogP contribution in [0.4, 0.5) is 5.69 Å². The molecule has 4 N–H and O–H groups in total. The second-order valence-electron chi connectivity index (χ2n) is 4.72. The minimum atomic E-state index is -0.165. The fourth-order valence-electron chi connectivity index (χ4n) is 2.16. The van der Waals surface area contributed by atoms with E-state index in [9.17, 15) is 4.79 Å². The Labute approximate surface area is 101 Å². The van der Waals surface area contributed by atoms with Crippen molar-refractivity contribution in [1.29, 1.82) is 0 Å². The van der Waals surface area contributed by atoms with Crippen LogP contribution < -0.4 is 11.1 Å². The quantitative estimate of drug-likeness (QED) is 0.686. The summed E-state index contributed by atoms with van der Waals surface area (Å²) in [5.41, 5.74) is 6.38. The number of aromatic nitrogens is 2. The molecule has 17 heavy (non-hydrogen) atoms. The number of nitrogen functional groups attached to an aromatic ring is 1. The van der Waals surface area contributed by atoms with Gasteiger partial charge in [0.1, 0.15) is 5.69 Å². The molecular weight excluding hydrogens is 218 g/mol. The van der Waals surface area contributed by atoms with Crippen LogP contribution in [0, 0.1) is 0 Å². The summed E-state index contributed by atoms with van der Waals surface area (Å²) in [6.45, 7) is 3.17. The zero-order valence-corrected chi connectivity index (χ0v) is 10.2. The number of likely N-dealkylation sites (tertiary alicyclic amines) is 1. The molecule has 94 valence electrons. The molecule has 1 aromatic rings. The van der Waals surface area contributed by atoms with E-state index in [2.05, 4.69) is 34.4 Å². The standard InChI is InChI=1S/C11H19N5O/c1-7-5-8(3-4-16(7)2)14-11(17)10-9(12)6-13-15-10/h6-8H,3-5,12H2,1-2H3,(H,13,15)(H,14,17). The van der Waals surface area contributed by atoms with Crippen molar-refractivity contribution in [1.82, 2.24) is 20.4 Å². The zero-order chi connectivity index (χ0) is 12.4. The van der Waals surface area contributed by atoms with E-state index in [0.717, 1.165) is 19.4 Å². The van der Waals surface area contributed by atoms with Crippen LogP contribution in [0.1, 0.15) is 30.3 Å². The molecule has 0 aromatic carbocycles. The van der Waals surface area contributed by atoms with Crippen LogP contribution >= 0.6 is 0 Å². The van der Waals surface area contributed by atoms with Gasteiger partial charge >= 0.3 is 0 Å². The number of carbonyl (C=O) groups excluding carboxylic acids is 1. The van der Waals surface area contributed by atoms with E-state index >= 15 is 0 Å². The van der Waals surface area contributed by atoms with E-state index in [1.165, 1.54) is 6.20 Å². The Bertz CT molecular complexity index is 402. The Balaban J connectivity index is 1.94. The highest BCUT2D eigenvalue weighted by molar-refractivity contribution is 5.97. The summed E-state index contributed by atoms with van der Waals surface area (Å²) < 4.78 is 0. The first-order valence-electron chi connectivity index (χ1n) is 5.88. The molecule has 2 unspecified atom stereocenters. The molecule has 1 aromatic heterocycles. The highest BCUT2D eigenvalue weighted by atomic mass is 16.2. The number of nitrogens with one attached hydrogen (secondary N) is 2. The first kappa shape index (κ1) is 11.9. The van der Waals surface area contributed by atoms with Gasteiger partial charge in [-0.15, -0.1) is 0 Å². The van der Waals surface area contributed by atoms with Crippen LogP contribution in [-0.4, -0.2) is 46.7 Å². The Morgan fingerprint density at radius 2 is 2.47 bits per heavy atom. The first-order valence-corrected chi connectivity index (χ1v) is 5.88. The first-order chi connectivity index (χ1) is 8.08. The molecule has 0 saturated carbocycles. The van der Waals surface area contributed by atoms with Crippen molar-refractivity contribution in [3.05, 3.63) is 11.9 Å². The predicted octanol–water partition coefficient (Wildman–Crippen LogP) is 0.204. The largest absolute Gasteiger partial charge is 0.396 e. The van der Waals surface area contributed by atoms with E-state index in [1.54, 1.807) is 0 Å². The molecule has 0 aliphatic carbocycles. The second kappa shape index (κ2) is 4.75. The number of rotatable bonds is 2. The third-order valence-electron chi connectivity index (χ3n) is 3.44. The van der Waals surface area contributed by atoms with Crippen molar-refractivity contribution in [3.63, 3.8) is 0 Å². The summed E-state index contributed by atoms with van der Waals surface area (Å²) in [5, 5.41) is 9.36. The number of carbonyl (C=O) groups is 1. The summed E-state index contributed by atoms with van der Waals surface area (Å²) in [6, 6.07) is 0.713.